The Morgan fingerprint density at radius 1 is 1.54 bits per heavy atom. The van der Waals surface area contributed by atoms with Gasteiger partial charge in [-0.3, -0.25) is 9.36 Å². The van der Waals surface area contributed by atoms with Gasteiger partial charge in [0.15, 0.2) is 5.16 Å². The summed E-state index contributed by atoms with van der Waals surface area (Å²) in [6.07, 6.45) is 1.74. The molecule has 26 heavy (non-hydrogen) atoms. The molecule has 1 amide bonds. The molecule has 1 aliphatic rings. The number of halogens is 2. The van der Waals surface area contributed by atoms with Gasteiger partial charge in [-0.2, -0.15) is 0 Å². The fourth-order valence-electron chi connectivity index (χ4n) is 2.59. The Labute approximate surface area is 152 Å². The number of nitrogens with zero attached hydrogens (tertiary/aromatic N) is 2. The number of aromatic amines is 1. The lowest BCUT2D eigenvalue weighted by Gasteiger charge is -2.14. The second-order valence-electron chi connectivity index (χ2n) is 5.93. The summed E-state index contributed by atoms with van der Waals surface area (Å²) in [5, 5.41) is 8.30. The van der Waals surface area contributed by atoms with Gasteiger partial charge in [0.1, 0.15) is 11.6 Å². The SMILES string of the molecule is C[C@H](Sc1n[nH]c(=O)n1C[C@H]1CCCO1)C(=O)Nc1cc(F)ccc1F. The van der Waals surface area contributed by atoms with Gasteiger partial charge >= 0.3 is 5.69 Å². The van der Waals surface area contributed by atoms with Crippen molar-refractivity contribution in [3.63, 3.8) is 0 Å². The molecule has 1 aliphatic heterocycles. The Balaban J connectivity index is 1.67. The smallest absolute Gasteiger partial charge is 0.344 e. The molecule has 2 aromatic rings. The van der Waals surface area contributed by atoms with E-state index in [0.717, 1.165) is 42.8 Å². The van der Waals surface area contributed by atoms with Crippen molar-refractivity contribution in [3.8, 4) is 0 Å². The molecule has 10 heteroatoms. The standard InChI is InChI=1S/C16H18F2N4O3S/c1-9(14(23)19-13-7-10(17)4-5-12(13)18)26-16-21-20-15(24)22(16)8-11-3-2-6-25-11/h4-5,7,9,11H,2-3,6,8H2,1H3,(H,19,23)(H,20,24)/t9-,11+/m0/s1. The van der Waals surface area contributed by atoms with E-state index < -0.39 is 22.8 Å². The molecule has 1 aromatic heterocycles. The van der Waals surface area contributed by atoms with Crippen molar-refractivity contribution in [2.75, 3.05) is 11.9 Å². The van der Waals surface area contributed by atoms with Crippen molar-refractivity contribution in [1.82, 2.24) is 14.8 Å². The van der Waals surface area contributed by atoms with E-state index in [0.29, 0.717) is 18.3 Å². The summed E-state index contributed by atoms with van der Waals surface area (Å²) in [7, 11) is 0. The second-order valence-corrected chi connectivity index (χ2v) is 7.24. The topological polar surface area (TPSA) is 89.0 Å². The third-order valence-electron chi connectivity index (χ3n) is 3.97. The summed E-state index contributed by atoms with van der Waals surface area (Å²) in [6.45, 7) is 2.61. The number of thioether (sulfide) groups is 1. The highest BCUT2D eigenvalue weighted by Crippen LogP contribution is 2.24. The van der Waals surface area contributed by atoms with Crippen LogP contribution in [0.4, 0.5) is 14.5 Å². The van der Waals surface area contributed by atoms with Crippen molar-refractivity contribution < 1.29 is 18.3 Å². The molecule has 1 aromatic carbocycles. The number of aromatic nitrogens is 3. The van der Waals surface area contributed by atoms with E-state index in [9.17, 15) is 18.4 Å². The van der Waals surface area contributed by atoms with Gasteiger partial charge in [0.2, 0.25) is 5.91 Å². The van der Waals surface area contributed by atoms with Crippen LogP contribution >= 0.6 is 11.8 Å². The van der Waals surface area contributed by atoms with E-state index in [1.807, 2.05) is 0 Å². The summed E-state index contributed by atoms with van der Waals surface area (Å²) in [4.78, 5) is 24.2. The number of anilines is 1. The molecule has 1 saturated heterocycles. The molecule has 7 nitrogen and oxygen atoms in total. The zero-order valence-electron chi connectivity index (χ0n) is 14.0. The Morgan fingerprint density at radius 3 is 3.08 bits per heavy atom. The number of hydrogen-bond donors (Lipinski definition) is 2. The third-order valence-corrected chi connectivity index (χ3v) is 5.06. The van der Waals surface area contributed by atoms with Crippen LogP contribution in [0.3, 0.4) is 0 Å². The molecule has 140 valence electrons. The van der Waals surface area contributed by atoms with Crippen LogP contribution in [0.25, 0.3) is 0 Å². The van der Waals surface area contributed by atoms with Crippen LogP contribution < -0.4 is 11.0 Å². The average Bonchev–Trinajstić information content (AvgIpc) is 3.23. The molecule has 0 saturated carbocycles. The summed E-state index contributed by atoms with van der Waals surface area (Å²) >= 11 is 1.05. The first-order chi connectivity index (χ1) is 12.4. The Morgan fingerprint density at radius 2 is 2.35 bits per heavy atom. The number of H-pyrrole nitrogens is 1. The zero-order valence-corrected chi connectivity index (χ0v) is 14.8. The quantitative estimate of drug-likeness (QED) is 0.745. The van der Waals surface area contributed by atoms with Gasteiger partial charge < -0.3 is 10.1 Å². The van der Waals surface area contributed by atoms with E-state index in [1.54, 1.807) is 6.92 Å². The molecular weight excluding hydrogens is 366 g/mol. The van der Waals surface area contributed by atoms with Crippen LogP contribution in [-0.2, 0) is 16.1 Å². The summed E-state index contributed by atoms with van der Waals surface area (Å²) in [5.41, 5.74) is -0.618. The van der Waals surface area contributed by atoms with Crippen molar-refractivity contribution >= 4 is 23.4 Å². The molecular formula is C16H18F2N4O3S. The van der Waals surface area contributed by atoms with Gasteiger partial charge in [0, 0.05) is 12.7 Å². The van der Waals surface area contributed by atoms with Crippen LogP contribution in [-0.4, -0.2) is 38.6 Å². The van der Waals surface area contributed by atoms with Gasteiger partial charge in [0.25, 0.3) is 0 Å². The third kappa shape index (κ3) is 4.31. The lowest BCUT2D eigenvalue weighted by molar-refractivity contribution is -0.115. The van der Waals surface area contributed by atoms with Gasteiger partial charge in [-0.15, -0.1) is 5.10 Å². The minimum Gasteiger partial charge on any atom is -0.376 e. The van der Waals surface area contributed by atoms with E-state index in [-0.39, 0.29) is 17.5 Å². The van der Waals surface area contributed by atoms with E-state index in [4.69, 9.17) is 4.74 Å². The summed E-state index contributed by atoms with van der Waals surface area (Å²) in [6, 6.07) is 2.82. The number of carbonyl (C=O) groups excluding carboxylic acids is 1. The van der Waals surface area contributed by atoms with Crippen LogP contribution in [0.2, 0.25) is 0 Å². The lowest BCUT2D eigenvalue weighted by Crippen LogP contribution is -2.27. The molecule has 0 bridgehead atoms. The predicted octanol–water partition coefficient (Wildman–Crippen LogP) is 2.15. The minimum absolute atomic E-state index is 0.0600. The molecule has 0 aliphatic carbocycles. The Kier molecular flexibility index (Phi) is 5.72. The maximum Gasteiger partial charge on any atom is 0.344 e. The summed E-state index contributed by atoms with van der Waals surface area (Å²) in [5.74, 6) is -1.91. The van der Waals surface area contributed by atoms with Gasteiger partial charge in [-0.1, -0.05) is 11.8 Å². The number of amides is 1. The number of nitrogens with one attached hydrogen (secondary N) is 2. The van der Waals surface area contributed by atoms with E-state index in [1.165, 1.54) is 4.57 Å². The number of ether oxygens (including phenoxy) is 1. The molecule has 0 unspecified atom stereocenters. The number of hydrogen-bond acceptors (Lipinski definition) is 5. The first-order valence-corrected chi connectivity index (χ1v) is 9.01. The highest BCUT2D eigenvalue weighted by atomic mass is 32.2. The normalized spacial score (nSPS) is 18.0. The monoisotopic (exact) mass is 384 g/mol. The molecule has 2 heterocycles. The van der Waals surface area contributed by atoms with Crippen LogP contribution in [0, 0.1) is 11.6 Å². The van der Waals surface area contributed by atoms with E-state index in [2.05, 4.69) is 15.5 Å². The minimum atomic E-state index is -0.730. The van der Waals surface area contributed by atoms with Gasteiger partial charge in [-0.05, 0) is 31.9 Å². The second kappa shape index (κ2) is 8.00. The molecule has 2 atom stereocenters. The van der Waals surface area contributed by atoms with Gasteiger partial charge in [0.05, 0.1) is 23.6 Å². The first-order valence-electron chi connectivity index (χ1n) is 8.13. The van der Waals surface area contributed by atoms with Crippen molar-refractivity contribution in [1.29, 1.82) is 0 Å². The van der Waals surface area contributed by atoms with Crippen LogP contribution in [0.15, 0.2) is 28.2 Å². The largest absolute Gasteiger partial charge is 0.376 e. The number of benzene rings is 1. The van der Waals surface area contributed by atoms with Gasteiger partial charge in [-0.25, -0.2) is 18.7 Å². The van der Waals surface area contributed by atoms with Crippen LogP contribution in [0.1, 0.15) is 19.8 Å². The fourth-order valence-corrected chi connectivity index (χ4v) is 3.45. The van der Waals surface area contributed by atoms with E-state index >= 15 is 0 Å². The maximum absolute atomic E-state index is 13.7. The highest BCUT2D eigenvalue weighted by Gasteiger charge is 2.23. The lowest BCUT2D eigenvalue weighted by atomic mass is 10.2. The molecule has 2 N–H and O–H groups in total. The number of carbonyl (C=O) groups is 1. The number of rotatable bonds is 6. The summed E-state index contributed by atoms with van der Waals surface area (Å²) < 4.78 is 33.8. The highest BCUT2D eigenvalue weighted by molar-refractivity contribution is 8.00. The van der Waals surface area contributed by atoms with Crippen LogP contribution in [0.5, 0.6) is 0 Å². The Bertz CT molecular complexity index is 848. The fraction of sp³-hybridized carbons (Fsp3) is 0.438. The molecule has 0 radical (unpaired) electrons. The first kappa shape index (κ1) is 18.6. The zero-order chi connectivity index (χ0) is 18.7. The molecule has 0 spiro atoms. The average molecular weight is 384 g/mol. The van der Waals surface area contributed by atoms with Crippen molar-refractivity contribution in [2.24, 2.45) is 0 Å². The maximum atomic E-state index is 13.7. The van der Waals surface area contributed by atoms with Crippen molar-refractivity contribution in [2.45, 2.75) is 42.8 Å². The Hall–Kier alpha value is -2.20. The predicted molar refractivity (Wildman–Crippen MR) is 92.1 cm³/mol. The molecule has 3 rings (SSSR count). The van der Waals surface area contributed by atoms with Crippen molar-refractivity contribution in [3.05, 3.63) is 40.3 Å². The molecule has 1 fully saturated rings.